The molecule has 1 aromatic carbocycles. The Bertz CT molecular complexity index is 641. The van der Waals surface area contributed by atoms with Crippen LogP contribution in [0.4, 0.5) is 5.69 Å². The normalized spacial score (nSPS) is 21.4. The average molecular weight is 363 g/mol. The Morgan fingerprint density at radius 2 is 1.84 bits per heavy atom. The quantitative estimate of drug-likeness (QED) is 0.467. The van der Waals surface area contributed by atoms with Crippen LogP contribution >= 0.6 is 11.8 Å². The molecule has 0 unspecified atom stereocenters. The molecule has 2 aliphatic rings. The summed E-state index contributed by atoms with van der Waals surface area (Å²) in [5, 5.41) is 10.5. The van der Waals surface area contributed by atoms with Gasteiger partial charge in [-0.05, 0) is 58.3 Å². The van der Waals surface area contributed by atoms with Crippen molar-refractivity contribution in [2.45, 2.75) is 48.3 Å². The van der Waals surface area contributed by atoms with Gasteiger partial charge < -0.3 is 9.80 Å². The van der Waals surface area contributed by atoms with Crippen LogP contribution in [0, 0.1) is 10.1 Å². The molecule has 1 amide bonds. The number of nitrogens with zero attached hydrogens (tertiary/aromatic N) is 3. The van der Waals surface area contributed by atoms with Gasteiger partial charge in [0, 0.05) is 35.7 Å². The van der Waals surface area contributed by atoms with Crippen LogP contribution in [0.5, 0.6) is 0 Å². The first kappa shape index (κ1) is 18.2. The minimum Gasteiger partial charge on any atom is -0.342 e. The molecule has 0 radical (unpaired) electrons. The molecule has 0 aromatic heterocycles. The van der Waals surface area contributed by atoms with Gasteiger partial charge in [-0.15, -0.1) is 11.8 Å². The van der Waals surface area contributed by atoms with Crippen molar-refractivity contribution in [2.75, 3.05) is 26.7 Å². The zero-order valence-electron chi connectivity index (χ0n) is 14.8. The van der Waals surface area contributed by atoms with Crippen molar-refractivity contribution in [1.82, 2.24) is 9.80 Å². The molecule has 1 spiro atoms. The first-order valence-corrected chi connectivity index (χ1v) is 9.70. The summed E-state index contributed by atoms with van der Waals surface area (Å²) in [4.78, 5) is 28.4. The van der Waals surface area contributed by atoms with Crippen molar-refractivity contribution >= 4 is 23.4 Å². The molecule has 1 atom stereocenters. The van der Waals surface area contributed by atoms with E-state index >= 15 is 0 Å². The summed E-state index contributed by atoms with van der Waals surface area (Å²) in [6.07, 6.45) is 4.63. The number of hydrogen-bond donors (Lipinski definition) is 0. The molecule has 25 heavy (non-hydrogen) atoms. The fourth-order valence-corrected chi connectivity index (χ4v) is 4.96. The monoisotopic (exact) mass is 363 g/mol. The van der Waals surface area contributed by atoms with Gasteiger partial charge in [0.2, 0.25) is 5.91 Å². The Morgan fingerprint density at radius 3 is 2.36 bits per heavy atom. The third-order valence-corrected chi connectivity index (χ3v) is 6.76. The van der Waals surface area contributed by atoms with Gasteiger partial charge >= 0.3 is 0 Å². The number of carbonyl (C=O) groups excluding carboxylic acids is 1. The molecule has 7 heteroatoms. The molecule has 2 aliphatic heterocycles. The van der Waals surface area contributed by atoms with E-state index in [0.717, 1.165) is 30.8 Å². The lowest BCUT2D eigenvalue weighted by Crippen LogP contribution is -2.53. The average Bonchev–Trinajstić information content (AvgIpc) is 2.95. The summed E-state index contributed by atoms with van der Waals surface area (Å²) >= 11 is 1.47. The summed E-state index contributed by atoms with van der Waals surface area (Å²) < 4.78 is 0. The first-order valence-electron chi connectivity index (χ1n) is 8.82. The van der Waals surface area contributed by atoms with Crippen molar-refractivity contribution in [1.29, 1.82) is 0 Å². The molecule has 0 aliphatic carbocycles. The third kappa shape index (κ3) is 3.82. The summed E-state index contributed by atoms with van der Waals surface area (Å²) in [6, 6.07) is 6.40. The van der Waals surface area contributed by atoms with E-state index in [1.165, 1.54) is 43.3 Å². The molecular weight excluding hydrogens is 338 g/mol. The molecule has 3 rings (SSSR count). The zero-order valence-corrected chi connectivity index (χ0v) is 15.6. The number of rotatable bonds is 4. The Labute approximate surface area is 152 Å². The van der Waals surface area contributed by atoms with Crippen LogP contribution in [-0.2, 0) is 4.79 Å². The standard InChI is InChI=1S/C18H25N3O3S/c1-14(25-16-6-4-15(5-7-16)21(23)24)17(22)20-12-9-18(10-13-20)8-3-11-19(18)2/h4-7,14H,3,8-13H2,1-2H3/t14-/m0/s1. The van der Waals surface area contributed by atoms with Crippen LogP contribution in [0.1, 0.15) is 32.6 Å². The summed E-state index contributed by atoms with van der Waals surface area (Å²) in [5.74, 6) is 0.166. The zero-order chi connectivity index (χ0) is 18.0. The molecule has 2 fully saturated rings. The van der Waals surface area contributed by atoms with E-state index in [9.17, 15) is 14.9 Å². The van der Waals surface area contributed by atoms with Gasteiger partial charge in [-0.25, -0.2) is 0 Å². The fourth-order valence-electron chi connectivity index (χ4n) is 4.01. The van der Waals surface area contributed by atoms with Crippen LogP contribution in [0.25, 0.3) is 0 Å². The lowest BCUT2D eigenvalue weighted by molar-refractivity contribution is -0.384. The summed E-state index contributed by atoms with van der Waals surface area (Å²) in [5.41, 5.74) is 0.385. The number of piperidine rings is 1. The van der Waals surface area contributed by atoms with E-state index in [4.69, 9.17) is 0 Å². The Morgan fingerprint density at radius 1 is 1.20 bits per heavy atom. The lowest BCUT2D eigenvalue weighted by atomic mass is 9.85. The van der Waals surface area contributed by atoms with E-state index in [1.807, 2.05) is 11.8 Å². The Hall–Kier alpha value is -1.60. The van der Waals surface area contributed by atoms with Crippen molar-refractivity contribution in [3.8, 4) is 0 Å². The maximum absolute atomic E-state index is 12.7. The fraction of sp³-hybridized carbons (Fsp3) is 0.611. The third-order valence-electron chi connectivity index (χ3n) is 5.66. The van der Waals surface area contributed by atoms with Crippen molar-refractivity contribution in [2.24, 2.45) is 0 Å². The predicted octanol–water partition coefficient (Wildman–Crippen LogP) is 3.16. The summed E-state index contributed by atoms with van der Waals surface area (Å²) in [7, 11) is 2.21. The highest BCUT2D eigenvalue weighted by molar-refractivity contribution is 8.00. The molecule has 2 heterocycles. The molecule has 0 bridgehead atoms. The van der Waals surface area contributed by atoms with Gasteiger partial charge in [-0.2, -0.15) is 0 Å². The highest BCUT2D eigenvalue weighted by Crippen LogP contribution is 2.37. The van der Waals surface area contributed by atoms with Crippen molar-refractivity contribution < 1.29 is 9.72 Å². The number of carbonyl (C=O) groups is 1. The van der Waals surface area contributed by atoms with Crippen LogP contribution in [0.2, 0.25) is 0 Å². The van der Waals surface area contributed by atoms with Gasteiger partial charge in [0.15, 0.2) is 0 Å². The molecule has 6 nitrogen and oxygen atoms in total. The van der Waals surface area contributed by atoms with E-state index in [-0.39, 0.29) is 16.8 Å². The second-order valence-electron chi connectivity index (χ2n) is 7.09. The number of hydrogen-bond acceptors (Lipinski definition) is 5. The largest absolute Gasteiger partial charge is 0.342 e. The molecule has 0 N–H and O–H groups in total. The van der Waals surface area contributed by atoms with Crippen molar-refractivity contribution in [3.05, 3.63) is 34.4 Å². The second-order valence-corrected chi connectivity index (χ2v) is 8.50. The maximum atomic E-state index is 12.7. The van der Waals surface area contributed by atoms with Crippen molar-refractivity contribution in [3.63, 3.8) is 0 Å². The number of benzene rings is 1. The topological polar surface area (TPSA) is 66.7 Å². The smallest absolute Gasteiger partial charge is 0.269 e. The summed E-state index contributed by atoms with van der Waals surface area (Å²) in [6.45, 7) is 4.74. The highest BCUT2D eigenvalue weighted by atomic mass is 32.2. The molecular formula is C18H25N3O3S. The predicted molar refractivity (Wildman–Crippen MR) is 98.8 cm³/mol. The van der Waals surface area contributed by atoms with E-state index in [2.05, 4.69) is 11.9 Å². The van der Waals surface area contributed by atoms with Gasteiger partial charge in [0.05, 0.1) is 10.2 Å². The molecule has 136 valence electrons. The minimum absolute atomic E-state index is 0.0744. The number of amides is 1. The van der Waals surface area contributed by atoms with Crippen LogP contribution < -0.4 is 0 Å². The number of nitro benzene ring substituents is 1. The Kier molecular flexibility index (Phi) is 5.34. The van der Waals surface area contributed by atoms with E-state index < -0.39 is 4.92 Å². The van der Waals surface area contributed by atoms with Gasteiger partial charge in [-0.1, -0.05) is 0 Å². The maximum Gasteiger partial charge on any atom is 0.269 e. The van der Waals surface area contributed by atoms with Gasteiger partial charge in [-0.3, -0.25) is 14.9 Å². The van der Waals surface area contributed by atoms with Crippen LogP contribution in [-0.4, -0.2) is 58.1 Å². The molecule has 2 saturated heterocycles. The van der Waals surface area contributed by atoms with Crippen LogP contribution in [0.15, 0.2) is 29.2 Å². The number of non-ortho nitro benzene ring substituents is 1. The first-order chi connectivity index (χ1) is 11.9. The number of thioether (sulfide) groups is 1. The lowest BCUT2D eigenvalue weighted by Gasteiger charge is -2.44. The number of nitro groups is 1. The van der Waals surface area contributed by atoms with Gasteiger partial charge in [0.25, 0.3) is 5.69 Å². The van der Waals surface area contributed by atoms with Crippen LogP contribution in [0.3, 0.4) is 0 Å². The second kappa shape index (κ2) is 7.33. The minimum atomic E-state index is -0.410. The SMILES string of the molecule is C[C@H](Sc1ccc([N+](=O)[O-])cc1)C(=O)N1CCC2(CCCN2C)CC1. The number of likely N-dealkylation sites (tertiary alicyclic amines) is 2. The van der Waals surface area contributed by atoms with Gasteiger partial charge in [0.1, 0.15) is 0 Å². The van der Waals surface area contributed by atoms with E-state index in [0.29, 0.717) is 5.54 Å². The molecule has 0 saturated carbocycles. The Balaban J connectivity index is 1.55. The molecule has 1 aromatic rings. The highest BCUT2D eigenvalue weighted by Gasteiger charge is 2.42. The van der Waals surface area contributed by atoms with E-state index in [1.54, 1.807) is 12.1 Å².